The van der Waals surface area contributed by atoms with Crippen molar-refractivity contribution in [1.82, 2.24) is 0 Å². The summed E-state index contributed by atoms with van der Waals surface area (Å²) in [5.74, 6) is 0.880. The monoisotopic (exact) mass is 206 g/mol. The molecule has 0 aliphatic carbocycles. The Morgan fingerprint density at radius 1 is 1.46 bits per heavy atom. The molecule has 0 aromatic heterocycles. The van der Waals surface area contributed by atoms with E-state index in [2.05, 4.69) is 6.92 Å². The standard InChI is InChI=1S/C9H18O3S/c1-7-8(4-5-12-7)13-6-9(10-2)11-3/h7-9H,4-6H2,1-3H3. The van der Waals surface area contributed by atoms with Crippen LogP contribution in [-0.2, 0) is 14.2 Å². The highest BCUT2D eigenvalue weighted by atomic mass is 32.2. The summed E-state index contributed by atoms with van der Waals surface area (Å²) in [5.41, 5.74) is 0. The number of hydrogen-bond donors (Lipinski definition) is 0. The molecule has 0 aromatic rings. The first kappa shape index (κ1) is 11.3. The Kier molecular flexibility index (Phi) is 5.09. The smallest absolute Gasteiger partial charge is 0.165 e. The molecule has 78 valence electrons. The lowest BCUT2D eigenvalue weighted by molar-refractivity contribution is -0.0843. The van der Waals surface area contributed by atoms with E-state index in [1.54, 1.807) is 14.2 Å². The Balaban J connectivity index is 2.17. The summed E-state index contributed by atoms with van der Waals surface area (Å²) >= 11 is 1.87. The van der Waals surface area contributed by atoms with E-state index in [1.165, 1.54) is 0 Å². The third-order valence-electron chi connectivity index (χ3n) is 2.28. The van der Waals surface area contributed by atoms with Crippen molar-refractivity contribution < 1.29 is 14.2 Å². The first-order chi connectivity index (χ1) is 6.27. The molecule has 1 heterocycles. The molecule has 13 heavy (non-hydrogen) atoms. The zero-order valence-electron chi connectivity index (χ0n) is 8.49. The van der Waals surface area contributed by atoms with Gasteiger partial charge in [0.15, 0.2) is 6.29 Å². The van der Waals surface area contributed by atoms with Crippen molar-refractivity contribution in [3.8, 4) is 0 Å². The molecule has 2 atom stereocenters. The first-order valence-corrected chi connectivity index (χ1v) is 5.61. The van der Waals surface area contributed by atoms with Gasteiger partial charge in [0.1, 0.15) is 0 Å². The third kappa shape index (κ3) is 3.46. The maximum absolute atomic E-state index is 5.46. The molecule has 1 saturated heterocycles. The molecule has 1 rings (SSSR count). The van der Waals surface area contributed by atoms with Crippen molar-refractivity contribution in [3.05, 3.63) is 0 Å². The van der Waals surface area contributed by atoms with Crippen molar-refractivity contribution in [1.29, 1.82) is 0 Å². The number of methoxy groups -OCH3 is 2. The number of hydrogen-bond acceptors (Lipinski definition) is 4. The van der Waals surface area contributed by atoms with E-state index in [0.717, 1.165) is 18.8 Å². The quantitative estimate of drug-likeness (QED) is 0.637. The predicted octanol–water partition coefficient (Wildman–Crippen LogP) is 1.52. The van der Waals surface area contributed by atoms with Crippen LogP contribution in [0.25, 0.3) is 0 Å². The van der Waals surface area contributed by atoms with E-state index in [1.807, 2.05) is 11.8 Å². The summed E-state index contributed by atoms with van der Waals surface area (Å²) in [7, 11) is 3.34. The number of ether oxygens (including phenoxy) is 3. The Morgan fingerprint density at radius 2 is 2.15 bits per heavy atom. The van der Waals surface area contributed by atoms with Gasteiger partial charge >= 0.3 is 0 Å². The SMILES string of the molecule is COC(CSC1CCOC1C)OC. The van der Waals surface area contributed by atoms with Crippen molar-refractivity contribution in [2.24, 2.45) is 0 Å². The predicted molar refractivity (Wildman–Crippen MR) is 54.1 cm³/mol. The van der Waals surface area contributed by atoms with Crippen LogP contribution in [0.1, 0.15) is 13.3 Å². The molecule has 1 aliphatic rings. The maximum atomic E-state index is 5.46. The molecule has 0 bridgehead atoms. The molecular weight excluding hydrogens is 188 g/mol. The van der Waals surface area contributed by atoms with E-state index in [-0.39, 0.29) is 6.29 Å². The lowest BCUT2D eigenvalue weighted by Gasteiger charge is -2.17. The molecule has 0 aromatic carbocycles. The molecule has 0 amide bonds. The summed E-state index contributed by atoms with van der Waals surface area (Å²) in [5, 5.41) is 0.604. The van der Waals surface area contributed by atoms with Crippen LogP contribution in [0.5, 0.6) is 0 Å². The van der Waals surface area contributed by atoms with Gasteiger partial charge in [0.05, 0.1) is 6.10 Å². The Bertz CT molecular complexity index is 139. The van der Waals surface area contributed by atoms with Gasteiger partial charge in [-0.1, -0.05) is 0 Å². The molecule has 3 nitrogen and oxygen atoms in total. The summed E-state index contributed by atoms with van der Waals surface area (Å²) in [6.07, 6.45) is 1.43. The zero-order chi connectivity index (χ0) is 9.68. The van der Waals surface area contributed by atoms with Gasteiger partial charge in [-0.15, -0.1) is 0 Å². The topological polar surface area (TPSA) is 27.7 Å². The van der Waals surface area contributed by atoms with Crippen LogP contribution >= 0.6 is 11.8 Å². The minimum atomic E-state index is -0.0854. The Morgan fingerprint density at radius 3 is 2.62 bits per heavy atom. The number of rotatable bonds is 5. The van der Waals surface area contributed by atoms with Gasteiger partial charge in [-0.05, 0) is 13.3 Å². The lowest BCUT2D eigenvalue weighted by Crippen LogP contribution is -2.21. The maximum Gasteiger partial charge on any atom is 0.165 e. The van der Waals surface area contributed by atoms with E-state index in [4.69, 9.17) is 14.2 Å². The van der Waals surface area contributed by atoms with Crippen molar-refractivity contribution in [2.45, 2.75) is 31.0 Å². The van der Waals surface area contributed by atoms with E-state index in [0.29, 0.717) is 11.4 Å². The Hall–Kier alpha value is 0.230. The third-order valence-corrected chi connectivity index (χ3v) is 3.79. The van der Waals surface area contributed by atoms with Crippen LogP contribution in [0.15, 0.2) is 0 Å². The summed E-state index contributed by atoms with van der Waals surface area (Å²) in [4.78, 5) is 0. The highest BCUT2D eigenvalue weighted by Crippen LogP contribution is 2.26. The lowest BCUT2D eigenvalue weighted by atomic mass is 10.3. The van der Waals surface area contributed by atoms with Crippen LogP contribution in [0.3, 0.4) is 0 Å². The van der Waals surface area contributed by atoms with E-state index in [9.17, 15) is 0 Å². The summed E-state index contributed by atoms with van der Waals surface area (Å²) in [6.45, 7) is 3.02. The molecule has 1 fully saturated rings. The average Bonchev–Trinajstić information content (AvgIpc) is 2.54. The highest BCUT2D eigenvalue weighted by molar-refractivity contribution is 8.00. The molecule has 0 spiro atoms. The fraction of sp³-hybridized carbons (Fsp3) is 1.00. The van der Waals surface area contributed by atoms with Gasteiger partial charge in [0.2, 0.25) is 0 Å². The molecule has 0 saturated carbocycles. The van der Waals surface area contributed by atoms with Gasteiger partial charge in [-0.2, -0.15) is 11.8 Å². The second-order valence-corrected chi connectivity index (χ2v) is 4.41. The van der Waals surface area contributed by atoms with Gasteiger partial charge in [-0.25, -0.2) is 0 Å². The van der Waals surface area contributed by atoms with Gasteiger partial charge in [0, 0.05) is 31.8 Å². The molecule has 0 radical (unpaired) electrons. The van der Waals surface area contributed by atoms with E-state index >= 15 is 0 Å². The van der Waals surface area contributed by atoms with E-state index < -0.39 is 0 Å². The fourth-order valence-electron chi connectivity index (χ4n) is 1.37. The zero-order valence-corrected chi connectivity index (χ0v) is 9.30. The first-order valence-electron chi connectivity index (χ1n) is 4.56. The minimum Gasteiger partial charge on any atom is -0.377 e. The molecule has 4 heteroatoms. The van der Waals surface area contributed by atoms with Crippen LogP contribution in [0.4, 0.5) is 0 Å². The normalized spacial score (nSPS) is 28.6. The molecule has 0 N–H and O–H groups in total. The summed E-state index contributed by atoms with van der Waals surface area (Å²) in [6, 6.07) is 0. The van der Waals surface area contributed by atoms with Gasteiger partial charge in [0.25, 0.3) is 0 Å². The minimum absolute atomic E-state index is 0.0854. The largest absolute Gasteiger partial charge is 0.377 e. The van der Waals surface area contributed by atoms with Crippen LogP contribution in [-0.4, -0.2) is 44.2 Å². The van der Waals surface area contributed by atoms with Crippen LogP contribution in [0.2, 0.25) is 0 Å². The molecular formula is C9H18O3S. The van der Waals surface area contributed by atoms with Crippen LogP contribution < -0.4 is 0 Å². The fourth-order valence-corrected chi connectivity index (χ4v) is 2.65. The van der Waals surface area contributed by atoms with Crippen molar-refractivity contribution in [3.63, 3.8) is 0 Å². The second-order valence-electron chi connectivity index (χ2n) is 3.14. The average molecular weight is 206 g/mol. The Labute approximate surface area is 84.1 Å². The number of thioether (sulfide) groups is 1. The summed E-state index contributed by atoms with van der Waals surface area (Å²) < 4.78 is 15.7. The van der Waals surface area contributed by atoms with Crippen molar-refractivity contribution >= 4 is 11.8 Å². The van der Waals surface area contributed by atoms with Gasteiger partial charge in [-0.3, -0.25) is 0 Å². The van der Waals surface area contributed by atoms with Crippen molar-refractivity contribution in [2.75, 3.05) is 26.6 Å². The highest BCUT2D eigenvalue weighted by Gasteiger charge is 2.25. The molecule has 1 aliphatic heterocycles. The van der Waals surface area contributed by atoms with Crippen LogP contribution in [0, 0.1) is 0 Å². The van der Waals surface area contributed by atoms with Gasteiger partial charge < -0.3 is 14.2 Å². The molecule has 2 unspecified atom stereocenters. The second kappa shape index (κ2) is 5.86.